The van der Waals surface area contributed by atoms with Crippen molar-refractivity contribution in [1.82, 2.24) is 20.4 Å². The molecule has 0 unspecified atom stereocenters. The minimum Gasteiger partial charge on any atom is -0.486 e. The maximum atomic E-state index is 13.5. The largest absolute Gasteiger partial charge is 0.486 e. The second kappa shape index (κ2) is 17.3. The maximum Gasteiger partial charge on any atom is 0.431 e. The van der Waals surface area contributed by atoms with E-state index in [4.69, 9.17) is 28.5 Å². The van der Waals surface area contributed by atoms with Gasteiger partial charge in [-0.3, -0.25) is 0 Å². The number of rotatable bonds is 13. The lowest BCUT2D eigenvalue weighted by atomic mass is 9.89. The quantitative estimate of drug-likeness (QED) is 0.0631. The highest BCUT2D eigenvalue weighted by Crippen LogP contribution is 2.37. The fourth-order valence-corrected chi connectivity index (χ4v) is 6.06. The lowest BCUT2D eigenvalue weighted by molar-refractivity contribution is -0.781. The number of hydrogen-bond donors (Lipinski definition) is 2. The van der Waals surface area contributed by atoms with Crippen LogP contribution in [0.3, 0.4) is 0 Å². The summed E-state index contributed by atoms with van der Waals surface area (Å²) in [4.78, 5) is 57.9. The number of carbonyl (C=O) groups excluding carboxylic acids is 4. The summed E-state index contributed by atoms with van der Waals surface area (Å²) < 4.78 is 32.2. The number of ether oxygens (including phenoxy) is 5. The first-order valence-corrected chi connectivity index (χ1v) is 18.8. The minimum absolute atomic E-state index is 0.0318. The van der Waals surface area contributed by atoms with Crippen molar-refractivity contribution in [2.24, 2.45) is 5.92 Å². The number of likely N-dealkylation sites (tertiary alicyclic amines) is 1. The highest BCUT2D eigenvalue weighted by atomic mass is 16.7. The van der Waals surface area contributed by atoms with Gasteiger partial charge in [0.2, 0.25) is 11.8 Å². The summed E-state index contributed by atoms with van der Waals surface area (Å²) >= 11 is 0. The molecular formula is C40H60N5O10+. The smallest absolute Gasteiger partial charge is 0.431 e. The molecule has 304 valence electrons. The third-order valence-corrected chi connectivity index (χ3v) is 8.63. The molecule has 0 spiro atoms. The Hall–Kier alpha value is -4.79. The van der Waals surface area contributed by atoms with Gasteiger partial charge in [0, 0.05) is 19.6 Å². The van der Waals surface area contributed by atoms with E-state index >= 15 is 0 Å². The first-order valence-electron chi connectivity index (χ1n) is 18.8. The molecule has 0 saturated carbocycles. The standard InChI is InChI=1S/C40H59N5O10/c1-12-20-50-35(48)42-55-40(11,33(46)52-37(2,3)4)32-17-15-29-21-28(14-16-31(29)51-32)30-25-44(19-13-18-41-34(47)53-38(5,6)7)45(26-30)24-27-22-43(23-27)36(49)54-39(8,9)10/h12,14,16,21,25-27,32H,1,13,15,17-20,22-24H2,2-11H3,(H-,41,42,47,48)/p+1/t32-,40+/m1/s1. The lowest BCUT2D eigenvalue weighted by Crippen LogP contribution is -2.58. The first kappa shape index (κ1) is 42.9. The molecule has 2 aliphatic rings. The van der Waals surface area contributed by atoms with Crippen molar-refractivity contribution in [3.05, 3.63) is 48.8 Å². The van der Waals surface area contributed by atoms with E-state index in [-0.39, 0.29) is 18.6 Å². The van der Waals surface area contributed by atoms with Crippen LogP contribution in [0.15, 0.2) is 43.2 Å². The first-order chi connectivity index (χ1) is 25.5. The molecule has 0 bridgehead atoms. The summed E-state index contributed by atoms with van der Waals surface area (Å²) in [6.45, 7) is 24.3. The van der Waals surface area contributed by atoms with E-state index in [1.54, 1.807) is 25.7 Å². The van der Waals surface area contributed by atoms with Crippen LogP contribution in [0.1, 0.15) is 87.6 Å². The number of nitrogens with one attached hydrogen (secondary N) is 2. The predicted molar refractivity (Wildman–Crippen MR) is 203 cm³/mol. The molecule has 3 heterocycles. The van der Waals surface area contributed by atoms with Gasteiger partial charge in [-0.25, -0.2) is 24.0 Å². The molecular weight excluding hydrogens is 710 g/mol. The zero-order valence-corrected chi connectivity index (χ0v) is 34.1. The van der Waals surface area contributed by atoms with Gasteiger partial charge in [0.05, 0.1) is 24.2 Å². The summed E-state index contributed by atoms with van der Waals surface area (Å²) in [5.74, 6) is 0.138. The van der Waals surface area contributed by atoms with Gasteiger partial charge in [-0.05, 0) is 112 Å². The van der Waals surface area contributed by atoms with E-state index in [0.717, 1.165) is 16.7 Å². The number of hydroxylamine groups is 1. The molecule has 4 rings (SSSR count). The Morgan fingerprint density at radius 3 is 2.24 bits per heavy atom. The predicted octanol–water partition coefficient (Wildman–Crippen LogP) is 5.86. The van der Waals surface area contributed by atoms with Gasteiger partial charge in [-0.1, -0.05) is 18.7 Å². The zero-order valence-electron chi connectivity index (χ0n) is 34.1. The van der Waals surface area contributed by atoms with Crippen LogP contribution < -0.4 is 20.2 Å². The fraction of sp³-hybridized carbons (Fsp3) is 0.625. The summed E-state index contributed by atoms with van der Waals surface area (Å²) in [6, 6.07) is 5.90. The highest BCUT2D eigenvalue weighted by molar-refractivity contribution is 5.81. The van der Waals surface area contributed by atoms with E-state index in [1.165, 1.54) is 13.0 Å². The number of aromatic nitrogens is 2. The summed E-state index contributed by atoms with van der Waals surface area (Å²) in [5, 5.41) is 2.83. The van der Waals surface area contributed by atoms with Gasteiger partial charge < -0.3 is 33.9 Å². The Bertz CT molecular complexity index is 1700. The van der Waals surface area contributed by atoms with Crippen molar-refractivity contribution in [3.63, 3.8) is 0 Å². The van der Waals surface area contributed by atoms with Gasteiger partial charge in [0.15, 0.2) is 6.54 Å². The molecule has 1 fully saturated rings. The van der Waals surface area contributed by atoms with Gasteiger partial charge in [-0.2, -0.15) is 10.2 Å². The van der Waals surface area contributed by atoms with Crippen molar-refractivity contribution >= 4 is 24.2 Å². The van der Waals surface area contributed by atoms with Crippen molar-refractivity contribution in [2.75, 3.05) is 26.2 Å². The average molecular weight is 771 g/mol. The Morgan fingerprint density at radius 1 is 0.927 bits per heavy atom. The number of aryl methyl sites for hydroxylation is 2. The van der Waals surface area contributed by atoms with Crippen LogP contribution in [0, 0.1) is 5.92 Å². The van der Waals surface area contributed by atoms with Crippen LogP contribution in [0.2, 0.25) is 0 Å². The minimum atomic E-state index is -1.70. The topological polar surface area (TPSA) is 160 Å². The third kappa shape index (κ3) is 12.6. The van der Waals surface area contributed by atoms with E-state index in [0.29, 0.717) is 57.7 Å². The van der Waals surface area contributed by atoms with E-state index in [2.05, 4.69) is 45.2 Å². The lowest BCUT2D eigenvalue weighted by Gasteiger charge is -2.38. The molecule has 1 aromatic carbocycles. The molecule has 2 atom stereocenters. The van der Waals surface area contributed by atoms with Crippen LogP contribution in [0.4, 0.5) is 14.4 Å². The Kier molecular flexibility index (Phi) is 13.5. The van der Waals surface area contributed by atoms with Crippen molar-refractivity contribution in [3.8, 4) is 16.9 Å². The number of amides is 3. The summed E-state index contributed by atoms with van der Waals surface area (Å²) in [7, 11) is 0. The van der Waals surface area contributed by atoms with Crippen LogP contribution >= 0.6 is 0 Å². The monoisotopic (exact) mass is 770 g/mol. The molecule has 1 aromatic heterocycles. The van der Waals surface area contributed by atoms with Crippen LogP contribution in [0.5, 0.6) is 5.75 Å². The van der Waals surface area contributed by atoms with E-state index in [9.17, 15) is 19.2 Å². The molecule has 0 aliphatic carbocycles. The summed E-state index contributed by atoms with van der Waals surface area (Å²) in [6.07, 6.45) is 4.79. The van der Waals surface area contributed by atoms with Crippen LogP contribution in [0.25, 0.3) is 11.1 Å². The maximum absolute atomic E-state index is 13.5. The van der Waals surface area contributed by atoms with Gasteiger partial charge >= 0.3 is 24.2 Å². The molecule has 2 N–H and O–H groups in total. The molecule has 15 heteroatoms. The number of fused-ring (bicyclic) bond motifs is 1. The number of benzene rings is 1. The van der Waals surface area contributed by atoms with Crippen molar-refractivity contribution in [1.29, 1.82) is 0 Å². The van der Waals surface area contributed by atoms with Crippen molar-refractivity contribution in [2.45, 2.75) is 130 Å². The molecule has 55 heavy (non-hydrogen) atoms. The fourth-order valence-electron chi connectivity index (χ4n) is 6.06. The Morgan fingerprint density at radius 2 is 1.60 bits per heavy atom. The molecule has 15 nitrogen and oxygen atoms in total. The normalized spacial score (nSPS) is 17.1. The second-order valence-electron chi connectivity index (χ2n) is 17.2. The number of nitrogens with zero attached hydrogens (tertiary/aromatic N) is 3. The SMILES string of the molecule is C=CCOC(=O)NO[C@](C)(C(=O)OC(C)(C)C)[C@H]1CCc2cc(-c3cn(CCCNC(=O)OC(C)(C)C)[n+](CC4CN(C(=O)OC(C)(C)C)C4)c3)ccc2O1. The van der Waals surface area contributed by atoms with Gasteiger partial charge in [0.1, 0.15) is 35.3 Å². The van der Waals surface area contributed by atoms with E-state index < -0.39 is 46.7 Å². The Labute approximate surface area is 324 Å². The average Bonchev–Trinajstić information content (AvgIpc) is 3.45. The number of carbonyl (C=O) groups is 4. The molecule has 1 saturated heterocycles. The molecule has 2 aliphatic heterocycles. The third-order valence-electron chi connectivity index (χ3n) is 8.63. The molecule has 0 radical (unpaired) electrons. The van der Waals surface area contributed by atoms with E-state index in [1.807, 2.05) is 53.7 Å². The molecule has 3 amide bonds. The molecule has 2 aromatic rings. The number of alkyl carbamates (subject to hydrolysis) is 1. The van der Waals surface area contributed by atoms with Crippen LogP contribution in [-0.4, -0.2) is 88.6 Å². The number of esters is 1. The van der Waals surface area contributed by atoms with Gasteiger partial charge in [-0.15, -0.1) is 4.68 Å². The number of hydrogen-bond acceptors (Lipinski definition) is 10. The highest BCUT2D eigenvalue weighted by Gasteiger charge is 2.50. The van der Waals surface area contributed by atoms with Crippen molar-refractivity contribution < 1.29 is 52.4 Å². The summed E-state index contributed by atoms with van der Waals surface area (Å²) in [5.41, 5.74) is 1.47. The zero-order chi connectivity index (χ0) is 40.8. The van der Waals surface area contributed by atoms with Gasteiger partial charge in [0.25, 0.3) is 0 Å². The van der Waals surface area contributed by atoms with Crippen LogP contribution in [-0.2, 0) is 48.1 Å². The Balaban J connectivity index is 1.51. The second-order valence-corrected chi connectivity index (χ2v) is 17.2.